The molecule has 0 bridgehead atoms. The number of anilines is 1. The third-order valence-electron chi connectivity index (χ3n) is 3.86. The highest BCUT2D eigenvalue weighted by Gasteiger charge is 2.21. The zero-order chi connectivity index (χ0) is 20.6. The number of nitrogens with one attached hydrogen (secondary N) is 1. The van der Waals surface area contributed by atoms with Crippen LogP contribution in [-0.2, 0) is 7.05 Å². The molecule has 0 atom stereocenters. The Kier molecular flexibility index (Phi) is 5.12. The van der Waals surface area contributed by atoms with Crippen molar-refractivity contribution in [1.29, 1.82) is 0 Å². The molecular weight excluding hydrogens is 388 g/mol. The summed E-state index contributed by atoms with van der Waals surface area (Å²) >= 11 is 0. The Hall–Kier alpha value is -3.30. The average molecular weight is 399 g/mol. The molecule has 1 heterocycles. The van der Waals surface area contributed by atoms with E-state index in [1.165, 1.54) is 19.2 Å². The summed E-state index contributed by atoms with van der Waals surface area (Å²) in [6.07, 6.45) is -2.83. The molecule has 1 amide bonds. The number of nitrogens with zero attached hydrogens (tertiary/aromatic N) is 2. The number of alkyl halides is 2. The fourth-order valence-electron chi connectivity index (χ4n) is 2.60. The molecule has 1 N–H and O–H groups in total. The van der Waals surface area contributed by atoms with Crippen molar-refractivity contribution in [3.8, 4) is 11.3 Å². The van der Waals surface area contributed by atoms with Crippen LogP contribution in [0.4, 0.5) is 32.0 Å². The molecule has 0 radical (unpaired) electrons. The molecule has 0 unspecified atom stereocenters. The average Bonchev–Trinajstić information content (AvgIpc) is 2.96. The Balaban J connectivity index is 1.88. The third kappa shape index (κ3) is 3.71. The monoisotopic (exact) mass is 399 g/mol. The topological polar surface area (TPSA) is 46.9 Å². The number of halogens is 6. The van der Waals surface area contributed by atoms with Gasteiger partial charge < -0.3 is 5.32 Å². The summed E-state index contributed by atoms with van der Waals surface area (Å²) in [5, 5.41) is 5.67. The van der Waals surface area contributed by atoms with Gasteiger partial charge in [0.2, 0.25) is 0 Å². The van der Waals surface area contributed by atoms with Gasteiger partial charge in [-0.15, -0.1) is 0 Å². The Morgan fingerprint density at radius 1 is 1.00 bits per heavy atom. The number of hydrogen-bond acceptors (Lipinski definition) is 2. The molecule has 10 heteroatoms. The summed E-state index contributed by atoms with van der Waals surface area (Å²) in [6, 6.07) is 4.95. The normalized spacial score (nSPS) is 11.1. The minimum Gasteiger partial charge on any atom is -0.322 e. The van der Waals surface area contributed by atoms with Crippen LogP contribution in [0.5, 0.6) is 0 Å². The molecule has 0 aliphatic carbocycles. The fourth-order valence-corrected chi connectivity index (χ4v) is 2.60. The lowest BCUT2D eigenvalue weighted by molar-refractivity contribution is 0.101. The minimum atomic E-state index is -2.83. The molecule has 28 heavy (non-hydrogen) atoms. The van der Waals surface area contributed by atoms with Gasteiger partial charge in [0.1, 0.15) is 34.5 Å². The highest BCUT2D eigenvalue weighted by molar-refractivity contribution is 6.04. The number of benzene rings is 2. The zero-order valence-corrected chi connectivity index (χ0v) is 14.1. The third-order valence-corrected chi connectivity index (χ3v) is 3.86. The maximum atomic E-state index is 14.4. The predicted octanol–water partition coefficient (Wildman–Crippen LogP) is 4.83. The van der Waals surface area contributed by atoms with Crippen molar-refractivity contribution in [1.82, 2.24) is 9.78 Å². The Bertz CT molecular complexity index is 1040. The molecule has 4 nitrogen and oxygen atoms in total. The van der Waals surface area contributed by atoms with Crippen LogP contribution in [0.25, 0.3) is 11.3 Å². The summed E-state index contributed by atoms with van der Waals surface area (Å²) < 4.78 is 81.2. The lowest BCUT2D eigenvalue weighted by atomic mass is 10.1. The van der Waals surface area contributed by atoms with Crippen LogP contribution in [0.2, 0.25) is 0 Å². The van der Waals surface area contributed by atoms with E-state index in [1.807, 2.05) is 0 Å². The lowest BCUT2D eigenvalue weighted by Crippen LogP contribution is -2.16. The van der Waals surface area contributed by atoms with Crippen LogP contribution in [0.1, 0.15) is 22.5 Å². The number of aryl methyl sites for hydroxylation is 1. The molecule has 0 spiro atoms. The Labute approximate surface area is 154 Å². The van der Waals surface area contributed by atoms with Crippen LogP contribution in [-0.4, -0.2) is 15.7 Å². The molecule has 0 aliphatic heterocycles. The molecule has 0 aliphatic rings. The van der Waals surface area contributed by atoms with Crippen LogP contribution < -0.4 is 5.32 Å². The van der Waals surface area contributed by atoms with E-state index in [4.69, 9.17) is 0 Å². The standard InChI is InChI=1S/C18H11F6N3O/c1-27-15(7-14(26-27)17(23)24)10-3-2-9(6-11(10)20)25-18(28)16-12(21)4-8(19)5-13(16)22/h2-7,17H,1H3,(H,25,28). The van der Waals surface area contributed by atoms with E-state index >= 15 is 0 Å². The van der Waals surface area contributed by atoms with E-state index < -0.39 is 46.9 Å². The Morgan fingerprint density at radius 3 is 2.18 bits per heavy atom. The van der Waals surface area contributed by atoms with E-state index in [9.17, 15) is 31.1 Å². The first-order valence-electron chi connectivity index (χ1n) is 7.75. The minimum absolute atomic E-state index is 0.0703. The van der Waals surface area contributed by atoms with Gasteiger partial charge in [0.15, 0.2) is 0 Å². The van der Waals surface area contributed by atoms with Gasteiger partial charge in [-0.3, -0.25) is 9.48 Å². The Morgan fingerprint density at radius 2 is 1.64 bits per heavy atom. The first-order chi connectivity index (χ1) is 13.2. The first kappa shape index (κ1) is 19.5. The molecule has 3 aromatic rings. The smallest absolute Gasteiger partial charge is 0.282 e. The highest BCUT2D eigenvalue weighted by Crippen LogP contribution is 2.29. The SMILES string of the molecule is Cn1nc(C(F)F)cc1-c1ccc(NC(=O)c2c(F)cc(F)cc2F)cc1F. The molecule has 1 aromatic heterocycles. The quantitative estimate of drug-likeness (QED) is 0.639. The van der Waals surface area contributed by atoms with Gasteiger partial charge in [0.05, 0.1) is 5.69 Å². The van der Waals surface area contributed by atoms with Crippen LogP contribution in [0.3, 0.4) is 0 Å². The largest absolute Gasteiger partial charge is 0.322 e. The van der Waals surface area contributed by atoms with Crippen LogP contribution in [0.15, 0.2) is 36.4 Å². The second-order valence-corrected chi connectivity index (χ2v) is 5.77. The molecular formula is C18H11F6N3O. The number of carbonyl (C=O) groups excluding carboxylic acids is 1. The summed E-state index contributed by atoms with van der Waals surface area (Å²) in [4.78, 5) is 12.0. The number of rotatable bonds is 4. The van der Waals surface area contributed by atoms with Gasteiger partial charge in [0, 0.05) is 30.4 Å². The van der Waals surface area contributed by atoms with Crippen molar-refractivity contribution >= 4 is 11.6 Å². The molecule has 3 rings (SSSR count). The van der Waals surface area contributed by atoms with E-state index in [1.54, 1.807) is 0 Å². The van der Waals surface area contributed by atoms with E-state index in [0.29, 0.717) is 12.1 Å². The first-order valence-corrected chi connectivity index (χ1v) is 7.75. The summed E-state index contributed by atoms with van der Waals surface area (Å²) in [6.45, 7) is 0. The molecule has 2 aromatic carbocycles. The second kappa shape index (κ2) is 7.37. The van der Waals surface area contributed by atoms with Crippen molar-refractivity contribution in [2.75, 3.05) is 5.32 Å². The van der Waals surface area contributed by atoms with E-state index in [2.05, 4.69) is 10.4 Å². The molecule has 0 saturated heterocycles. The van der Waals surface area contributed by atoms with E-state index in [-0.39, 0.29) is 16.9 Å². The number of amides is 1. The van der Waals surface area contributed by atoms with Gasteiger partial charge in [-0.25, -0.2) is 26.3 Å². The molecule has 146 valence electrons. The summed E-state index contributed by atoms with van der Waals surface area (Å²) in [5.74, 6) is -6.16. The summed E-state index contributed by atoms with van der Waals surface area (Å²) in [5.41, 5.74) is -1.71. The van der Waals surface area contributed by atoms with Crippen molar-refractivity contribution < 1.29 is 31.1 Å². The zero-order valence-electron chi connectivity index (χ0n) is 14.1. The van der Waals surface area contributed by atoms with Crippen molar-refractivity contribution in [2.24, 2.45) is 7.05 Å². The maximum absolute atomic E-state index is 14.4. The van der Waals surface area contributed by atoms with Crippen molar-refractivity contribution in [3.05, 3.63) is 70.9 Å². The van der Waals surface area contributed by atoms with Gasteiger partial charge in [0.25, 0.3) is 12.3 Å². The van der Waals surface area contributed by atoms with E-state index in [0.717, 1.165) is 16.8 Å². The van der Waals surface area contributed by atoms with Crippen molar-refractivity contribution in [3.63, 3.8) is 0 Å². The number of carbonyl (C=O) groups is 1. The highest BCUT2D eigenvalue weighted by atomic mass is 19.3. The number of aromatic nitrogens is 2. The number of hydrogen-bond donors (Lipinski definition) is 1. The lowest BCUT2D eigenvalue weighted by Gasteiger charge is -2.09. The fraction of sp³-hybridized carbons (Fsp3) is 0.111. The predicted molar refractivity (Wildman–Crippen MR) is 87.8 cm³/mol. The molecule has 0 saturated carbocycles. The maximum Gasteiger partial charge on any atom is 0.282 e. The van der Waals surface area contributed by atoms with Gasteiger partial charge in [-0.05, 0) is 24.3 Å². The van der Waals surface area contributed by atoms with Gasteiger partial charge in [-0.1, -0.05) is 0 Å². The molecule has 0 fully saturated rings. The second-order valence-electron chi connectivity index (χ2n) is 5.77. The van der Waals surface area contributed by atoms with Crippen LogP contribution in [0, 0.1) is 23.3 Å². The summed E-state index contributed by atoms with van der Waals surface area (Å²) in [7, 11) is 1.36. The van der Waals surface area contributed by atoms with Gasteiger partial charge >= 0.3 is 0 Å². The van der Waals surface area contributed by atoms with Gasteiger partial charge in [-0.2, -0.15) is 5.10 Å². The van der Waals surface area contributed by atoms with Crippen LogP contribution >= 0.6 is 0 Å². The van der Waals surface area contributed by atoms with Crippen molar-refractivity contribution in [2.45, 2.75) is 6.43 Å².